The Morgan fingerprint density at radius 3 is 0.929 bits per heavy atom. The van der Waals surface area contributed by atoms with Gasteiger partial charge < -0.3 is 0 Å². The van der Waals surface area contributed by atoms with E-state index in [0.717, 1.165) is 38.2 Å². The average Bonchev–Trinajstić information content (AvgIpc) is 3.01. The van der Waals surface area contributed by atoms with Crippen molar-refractivity contribution in [3.8, 4) is 0 Å². The van der Waals surface area contributed by atoms with E-state index in [0.29, 0.717) is 12.8 Å². The van der Waals surface area contributed by atoms with Crippen LogP contribution < -0.4 is 0 Å². The van der Waals surface area contributed by atoms with Crippen molar-refractivity contribution < 1.29 is 26.3 Å². The molecule has 0 heterocycles. The summed E-state index contributed by atoms with van der Waals surface area (Å²) in [5.41, 5.74) is 0. The fraction of sp³-hybridized carbons (Fsp3) is 0.500. The SMILES string of the molecule is C1CCCCC1.FC1CCCC(F)C1.FC1CCCCC1.Fc1cccc(F)c1.Fc1ccccc1.c1ccccc1. The second-order valence-corrected chi connectivity index (χ2v) is 10.6. The van der Waals surface area contributed by atoms with Gasteiger partial charge in [0.25, 0.3) is 0 Å². The molecular weight excluding hydrogens is 546 g/mol. The second kappa shape index (κ2) is 25.9. The van der Waals surface area contributed by atoms with Crippen molar-refractivity contribution in [1.29, 1.82) is 0 Å². The van der Waals surface area contributed by atoms with Crippen molar-refractivity contribution in [3.63, 3.8) is 0 Å². The molecular formula is C36H48F6. The molecule has 2 unspecified atom stereocenters. The summed E-state index contributed by atoms with van der Waals surface area (Å²) in [5, 5.41) is 0. The van der Waals surface area contributed by atoms with E-state index in [1.54, 1.807) is 18.2 Å². The van der Waals surface area contributed by atoms with Crippen LogP contribution in [0, 0.1) is 17.5 Å². The summed E-state index contributed by atoms with van der Waals surface area (Å²) in [6.45, 7) is 0. The Bertz CT molecular complexity index is 895. The number of halogens is 6. The van der Waals surface area contributed by atoms with Crippen LogP contribution >= 0.6 is 0 Å². The van der Waals surface area contributed by atoms with Crippen molar-refractivity contribution in [2.45, 2.75) is 115 Å². The van der Waals surface area contributed by atoms with Gasteiger partial charge in [-0.2, -0.15) is 0 Å². The number of alkyl halides is 3. The molecule has 3 aliphatic carbocycles. The Labute approximate surface area is 249 Å². The first-order chi connectivity index (χ1) is 20.4. The summed E-state index contributed by atoms with van der Waals surface area (Å²) in [5.74, 6) is -1.25. The van der Waals surface area contributed by atoms with Crippen molar-refractivity contribution in [2.75, 3.05) is 0 Å². The second-order valence-electron chi connectivity index (χ2n) is 10.6. The van der Waals surface area contributed by atoms with Crippen molar-refractivity contribution >= 4 is 0 Å². The van der Waals surface area contributed by atoms with E-state index in [9.17, 15) is 26.3 Å². The lowest BCUT2D eigenvalue weighted by atomic mass is 9.97. The first kappa shape index (κ1) is 37.3. The Morgan fingerprint density at radius 1 is 0.357 bits per heavy atom. The van der Waals surface area contributed by atoms with Gasteiger partial charge >= 0.3 is 0 Å². The van der Waals surface area contributed by atoms with Gasteiger partial charge in [0.1, 0.15) is 36.0 Å². The third-order valence-corrected chi connectivity index (χ3v) is 6.77. The van der Waals surface area contributed by atoms with Crippen LogP contribution in [0.4, 0.5) is 26.3 Å². The molecule has 0 saturated heterocycles. The average molecular weight is 595 g/mol. The Morgan fingerprint density at radius 2 is 0.690 bits per heavy atom. The molecule has 0 nitrogen and oxygen atoms in total. The topological polar surface area (TPSA) is 0 Å². The van der Waals surface area contributed by atoms with E-state index < -0.39 is 30.1 Å². The van der Waals surface area contributed by atoms with E-state index in [2.05, 4.69) is 0 Å². The zero-order valence-electron chi connectivity index (χ0n) is 24.8. The number of hydrogen-bond donors (Lipinski definition) is 0. The molecule has 6 rings (SSSR count). The molecule has 6 heteroatoms. The quantitative estimate of drug-likeness (QED) is 0.227. The summed E-state index contributed by atoms with van der Waals surface area (Å²) < 4.78 is 72.3. The highest BCUT2D eigenvalue weighted by atomic mass is 19.2. The molecule has 3 fully saturated rings. The van der Waals surface area contributed by atoms with Gasteiger partial charge in [-0.1, -0.05) is 118 Å². The van der Waals surface area contributed by atoms with Gasteiger partial charge in [0.2, 0.25) is 0 Å². The van der Waals surface area contributed by atoms with E-state index in [1.165, 1.54) is 75.3 Å². The minimum absolute atomic E-state index is 0.139. The molecule has 0 bridgehead atoms. The van der Waals surface area contributed by atoms with Gasteiger partial charge in [0, 0.05) is 12.5 Å². The predicted molar refractivity (Wildman–Crippen MR) is 163 cm³/mol. The van der Waals surface area contributed by atoms with Gasteiger partial charge in [-0.3, -0.25) is 0 Å². The smallest absolute Gasteiger partial charge is 0.126 e. The van der Waals surface area contributed by atoms with Crippen LogP contribution in [-0.2, 0) is 0 Å². The maximum absolute atomic E-state index is 12.2. The zero-order valence-corrected chi connectivity index (χ0v) is 24.8. The molecule has 0 spiro atoms. The predicted octanol–water partition coefficient (Wildman–Crippen LogP) is 12.3. The van der Waals surface area contributed by atoms with Crippen LogP contribution in [-0.4, -0.2) is 18.5 Å². The number of rotatable bonds is 0. The third kappa shape index (κ3) is 23.9. The molecule has 0 aromatic heterocycles. The highest BCUT2D eigenvalue weighted by molar-refractivity contribution is 5.05. The van der Waals surface area contributed by atoms with Crippen molar-refractivity contribution in [2.24, 2.45) is 0 Å². The monoisotopic (exact) mass is 594 g/mol. The third-order valence-electron chi connectivity index (χ3n) is 6.77. The highest BCUT2D eigenvalue weighted by Crippen LogP contribution is 2.23. The van der Waals surface area contributed by atoms with Gasteiger partial charge in [0.15, 0.2) is 0 Å². The lowest BCUT2D eigenvalue weighted by molar-refractivity contribution is 0.159. The standard InChI is InChI=1S/C6H10F2.C6H4F2.C6H11F.C6H5F.C6H12.C6H6/c2*7-5-2-1-3-6(8)4-5;2*7-6-4-2-1-3-5-6;2*1-2-4-6-5-3-1/h5-6H,1-4H2;1-4H;6H,1-5H2;1-5H;1-6H2;1-6H. The molecule has 0 amide bonds. The normalized spacial score (nSPS) is 19.6. The first-order valence-electron chi connectivity index (χ1n) is 15.4. The molecule has 0 aliphatic heterocycles. The maximum atomic E-state index is 12.2. The van der Waals surface area contributed by atoms with Gasteiger partial charge in [-0.15, -0.1) is 0 Å². The van der Waals surface area contributed by atoms with Crippen LogP contribution in [0.5, 0.6) is 0 Å². The Hall–Kier alpha value is -2.76. The van der Waals surface area contributed by atoms with Gasteiger partial charge in [-0.05, 0) is 56.4 Å². The van der Waals surface area contributed by atoms with E-state index >= 15 is 0 Å². The van der Waals surface area contributed by atoms with Crippen LogP contribution in [0.15, 0.2) is 91.0 Å². The summed E-state index contributed by atoms with van der Waals surface area (Å²) in [6, 6.07) is 24.5. The Balaban J connectivity index is 0.000000253. The minimum Gasteiger partial charge on any atom is -0.247 e. The largest absolute Gasteiger partial charge is 0.247 e. The summed E-state index contributed by atoms with van der Waals surface area (Å²) >= 11 is 0. The van der Waals surface area contributed by atoms with Crippen LogP contribution in [0.3, 0.4) is 0 Å². The van der Waals surface area contributed by atoms with Crippen molar-refractivity contribution in [3.05, 3.63) is 108 Å². The summed E-state index contributed by atoms with van der Waals surface area (Å²) in [4.78, 5) is 0. The van der Waals surface area contributed by atoms with Gasteiger partial charge in [0.05, 0.1) is 0 Å². The fourth-order valence-electron chi connectivity index (χ4n) is 4.45. The molecule has 42 heavy (non-hydrogen) atoms. The minimum atomic E-state index is -0.862. The van der Waals surface area contributed by atoms with E-state index in [4.69, 9.17) is 0 Å². The molecule has 234 valence electrons. The number of benzene rings is 3. The maximum Gasteiger partial charge on any atom is 0.126 e. The molecule has 0 N–H and O–H groups in total. The fourth-order valence-corrected chi connectivity index (χ4v) is 4.45. The lowest BCUT2D eigenvalue weighted by Gasteiger charge is -2.17. The molecule has 3 saturated carbocycles. The Kier molecular flexibility index (Phi) is 23.0. The first-order valence-corrected chi connectivity index (χ1v) is 15.4. The van der Waals surface area contributed by atoms with E-state index in [-0.39, 0.29) is 12.2 Å². The molecule has 3 aliphatic rings. The van der Waals surface area contributed by atoms with Crippen LogP contribution in [0.25, 0.3) is 0 Å². The summed E-state index contributed by atoms with van der Waals surface area (Å²) in [6.07, 6.45) is 13.9. The van der Waals surface area contributed by atoms with Crippen molar-refractivity contribution in [1.82, 2.24) is 0 Å². The van der Waals surface area contributed by atoms with E-state index in [1.807, 2.05) is 36.4 Å². The lowest BCUT2D eigenvalue weighted by Crippen LogP contribution is -2.16. The summed E-state index contributed by atoms with van der Waals surface area (Å²) in [7, 11) is 0. The molecule has 3 aromatic carbocycles. The van der Waals surface area contributed by atoms with Gasteiger partial charge in [-0.25, -0.2) is 26.3 Å². The molecule has 0 radical (unpaired) electrons. The van der Waals surface area contributed by atoms with Crippen LogP contribution in [0.2, 0.25) is 0 Å². The highest BCUT2D eigenvalue weighted by Gasteiger charge is 2.20. The number of hydrogen-bond acceptors (Lipinski definition) is 0. The van der Waals surface area contributed by atoms with Crippen LogP contribution in [0.1, 0.15) is 96.3 Å². The zero-order chi connectivity index (χ0) is 30.7. The molecule has 3 aromatic rings. The molecule has 2 atom stereocenters.